The van der Waals surface area contributed by atoms with Gasteiger partial charge in [-0.2, -0.15) is 5.10 Å². The lowest BCUT2D eigenvalue weighted by Gasteiger charge is -2.28. The standard InChI is InChI=1S/C22H21FN4O4/c1-12-8-17-16(10-15(12)22(30)31)21(13-4-2-5-14(23)9-13)25-27(17)19(11-18(24)28)26-7-3-6-20(26)29/h2,4-5,8-10,19H,3,6-7,11H2,1H3,(H2,24,28)(H,30,31). The number of benzene rings is 2. The van der Waals surface area contributed by atoms with E-state index < -0.39 is 23.9 Å². The zero-order chi connectivity index (χ0) is 22.3. The number of aromatic nitrogens is 2. The number of aromatic carboxylic acids is 1. The summed E-state index contributed by atoms with van der Waals surface area (Å²) < 4.78 is 15.4. The van der Waals surface area contributed by atoms with Crippen molar-refractivity contribution >= 4 is 28.7 Å². The lowest BCUT2D eigenvalue weighted by atomic mass is 10.0. The molecule has 2 amide bonds. The summed E-state index contributed by atoms with van der Waals surface area (Å²) in [7, 11) is 0. The number of nitrogens with zero attached hydrogens (tertiary/aromatic N) is 3. The molecule has 1 saturated heterocycles. The summed E-state index contributed by atoms with van der Waals surface area (Å²) in [6.45, 7) is 2.12. The molecule has 160 valence electrons. The number of aryl methyl sites for hydroxylation is 1. The molecule has 2 aromatic carbocycles. The fraction of sp³-hybridized carbons (Fsp3) is 0.273. The SMILES string of the molecule is Cc1cc2c(cc1C(=O)O)c(-c1cccc(F)c1)nn2C(CC(N)=O)N1CCCC1=O. The minimum atomic E-state index is -1.10. The highest BCUT2D eigenvalue weighted by molar-refractivity contribution is 6.00. The van der Waals surface area contributed by atoms with Gasteiger partial charge in [-0.05, 0) is 43.2 Å². The minimum Gasteiger partial charge on any atom is -0.478 e. The first-order chi connectivity index (χ1) is 14.8. The van der Waals surface area contributed by atoms with Crippen molar-refractivity contribution in [2.24, 2.45) is 5.73 Å². The van der Waals surface area contributed by atoms with Crippen LogP contribution in [-0.2, 0) is 9.59 Å². The van der Waals surface area contributed by atoms with Gasteiger partial charge in [0.25, 0.3) is 0 Å². The van der Waals surface area contributed by atoms with Gasteiger partial charge < -0.3 is 15.7 Å². The predicted octanol–water partition coefficient (Wildman–Crippen LogP) is 2.85. The number of amides is 2. The molecule has 1 unspecified atom stereocenters. The molecule has 8 nitrogen and oxygen atoms in total. The highest BCUT2D eigenvalue weighted by Gasteiger charge is 2.33. The van der Waals surface area contributed by atoms with Gasteiger partial charge in [-0.25, -0.2) is 13.9 Å². The van der Waals surface area contributed by atoms with E-state index in [-0.39, 0.29) is 17.9 Å². The molecule has 0 bridgehead atoms. The number of fused-ring (bicyclic) bond motifs is 1. The monoisotopic (exact) mass is 424 g/mol. The molecule has 9 heteroatoms. The summed E-state index contributed by atoms with van der Waals surface area (Å²) in [6.07, 6.45) is 0.122. The largest absolute Gasteiger partial charge is 0.478 e. The van der Waals surface area contributed by atoms with Crippen LogP contribution in [0.5, 0.6) is 0 Å². The third-order valence-electron chi connectivity index (χ3n) is 5.52. The van der Waals surface area contributed by atoms with E-state index in [0.717, 1.165) is 0 Å². The van der Waals surface area contributed by atoms with Gasteiger partial charge in [0.1, 0.15) is 17.7 Å². The van der Waals surface area contributed by atoms with Crippen molar-refractivity contribution in [3.63, 3.8) is 0 Å². The first-order valence-electron chi connectivity index (χ1n) is 9.86. The Balaban J connectivity index is 2.00. The molecule has 4 rings (SSSR count). The number of carbonyl (C=O) groups is 3. The van der Waals surface area contributed by atoms with Crippen LogP contribution in [0, 0.1) is 12.7 Å². The van der Waals surface area contributed by atoms with E-state index in [4.69, 9.17) is 5.73 Å². The topological polar surface area (TPSA) is 119 Å². The van der Waals surface area contributed by atoms with Crippen LogP contribution in [-0.4, -0.2) is 44.1 Å². The molecule has 1 aromatic heterocycles. The molecule has 0 radical (unpaired) electrons. The summed E-state index contributed by atoms with van der Waals surface area (Å²) in [5.74, 6) is -2.27. The van der Waals surface area contributed by atoms with E-state index in [1.807, 2.05) is 0 Å². The highest BCUT2D eigenvalue weighted by Crippen LogP contribution is 2.35. The molecule has 1 aliphatic rings. The second-order valence-electron chi connectivity index (χ2n) is 7.63. The zero-order valence-electron chi connectivity index (χ0n) is 16.8. The quantitative estimate of drug-likeness (QED) is 0.631. The maximum atomic E-state index is 13.9. The van der Waals surface area contributed by atoms with Gasteiger partial charge in [0.05, 0.1) is 17.5 Å². The molecule has 0 aliphatic carbocycles. The molecule has 2 heterocycles. The number of primary amides is 1. The van der Waals surface area contributed by atoms with Crippen molar-refractivity contribution in [3.8, 4) is 11.3 Å². The lowest BCUT2D eigenvalue weighted by molar-refractivity contribution is -0.133. The summed E-state index contributed by atoms with van der Waals surface area (Å²) >= 11 is 0. The fourth-order valence-corrected chi connectivity index (χ4v) is 4.09. The van der Waals surface area contributed by atoms with Crippen molar-refractivity contribution < 1.29 is 23.9 Å². The summed E-state index contributed by atoms with van der Waals surface area (Å²) in [6, 6.07) is 8.95. The van der Waals surface area contributed by atoms with E-state index in [1.54, 1.807) is 24.0 Å². The van der Waals surface area contributed by atoms with E-state index in [0.29, 0.717) is 47.1 Å². The number of rotatable bonds is 6. The number of hydrogen-bond donors (Lipinski definition) is 2. The van der Waals surface area contributed by atoms with E-state index >= 15 is 0 Å². The number of likely N-dealkylation sites (tertiary alicyclic amines) is 1. The third kappa shape index (κ3) is 3.74. The number of carboxylic acid groups (broad SMARTS) is 1. The Morgan fingerprint density at radius 2 is 2.06 bits per heavy atom. The Morgan fingerprint density at radius 1 is 1.29 bits per heavy atom. The smallest absolute Gasteiger partial charge is 0.335 e. The number of hydrogen-bond acceptors (Lipinski definition) is 4. The van der Waals surface area contributed by atoms with Crippen LogP contribution in [0.3, 0.4) is 0 Å². The van der Waals surface area contributed by atoms with Crippen LogP contribution in [0.25, 0.3) is 22.2 Å². The van der Waals surface area contributed by atoms with Crippen molar-refractivity contribution in [3.05, 3.63) is 53.3 Å². The van der Waals surface area contributed by atoms with Crippen LogP contribution in [0.2, 0.25) is 0 Å². The van der Waals surface area contributed by atoms with Crippen LogP contribution >= 0.6 is 0 Å². The number of carbonyl (C=O) groups excluding carboxylic acids is 2. The van der Waals surface area contributed by atoms with Crippen molar-refractivity contribution in [1.82, 2.24) is 14.7 Å². The Labute approximate surface area is 177 Å². The minimum absolute atomic E-state index is 0.0911. The maximum Gasteiger partial charge on any atom is 0.335 e. The van der Waals surface area contributed by atoms with E-state index in [2.05, 4.69) is 5.10 Å². The van der Waals surface area contributed by atoms with Crippen LogP contribution in [0.15, 0.2) is 36.4 Å². The summed E-state index contributed by atoms with van der Waals surface area (Å²) in [4.78, 5) is 37.5. The average Bonchev–Trinajstić information content (AvgIpc) is 3.28. The fourth-order valence-electron chi connectivity index (χ4n) is 4.09. The van der Waals surface area contributed by atoms with Gasteiger partial charge in [-0.1, -0.05) is 12.1 Å². The molecule has 1 atom stereocenters. The molecular formula is C22H21FN4O4. The summed E-state index contributed by atoms with van der Waals surface area (Å²) in [5, 5.41) is 14.7. The van der Waals surface area contributed by atoms with Gasteiger partial charge in [0.2, 0.25) is 11.8 Å². The number of carboxylic acids is 1. The first kappa shape index (κ1) is 20.5. The van der Waals surface area contributed by atoms with Gasteiger partial charge >= 0.3 is 5.97 Å². The molecular weight excluding hydrogens is 403 g/mol. The third-order valence-corrected chi connectivity index (χ3v) is 5.52. The Bertz CT molecular complexity index is 1220. The molecule has 0 spiro atoms. The Morgan fingerprint density at radius 3 is 2.68 bits per heavy atom. The van der Waals surface area contributed by atoms with E-state index in [1.165, 1.54) is 28.9 Å². The maximum absolute atomic E-state index is 13.9. The predicted molar refractivity (Wildman–Crippen MR) is 111 cm³/mol. The molecule has 3 aromatic rings. The van der Waals surface area contributed by atoms with Gasteiger partial charge in [0, 0.05) is 23.9 Å². The average molecular weight is 424 g/mol. The Hall–Kier alpha value is -3.75. The normalized spacial score (nSPS) is 14.9. The summed E-state index contributed by atoms with van der Waals surface area (Å²) in [5.41, 5.74) is 7.41. The van der Waals surface area contributed by atoms with Gasteiger partial charge in [-0.15, -0.1) is 0 Å². The number of halogens is 1. The Kier molecular flexibility index (Phi) is 5.18. The molecule has 3 N–H and O–H groups in total. The number of nitrogens with two attached hydrogens (primary N) is 1. The van der Waals surface area contributed by atoms with Crippen LogP contribution in [0.1, 0.15) is 41.3 Å². The lowest BCUT2D eigenvalue weighted by Crippen LogP contribution is -2.37. The second kappa shape index (κ2) is 7.82. The van der Waals surface area contributed by atoms with E-state index in [9.17, 15) is 23.9 Å². The van der Waals surface area contributed by atoms with Crippen molar-refractivity contribution in [1.29, 1.82) is 0 Å². The van der Waals surface area contributed by atoms with Crippen molar-refractivity contribution in [2.75, 3.05) is 6.54 Å². The molecule has 31 heavy (non-hydrogen) atoms. The molecule has 1 aliphatic heterocycles. The van der Waals surface area contributed by atoms with Crippen molar-refractivity contribution in [2.45, 2.75) is 32.4 Å². The molecule has 0 saturated carbocycles. The first-order valence-corrected chi connectivity index (χ1v) is 9.86. The highest BCUT2D eigenvalue weighted by atomic mass is 19.1. The zero-order valence-corrected chi connectivity index (χ0v) is 16.8. The van der Waals surface area contributed by atoms with Crippen LogP contribution in [0.4, 0.5) is 4.39 Å². The van der Waals surface area contributed by atoms with Gasteiger partial charge in [-0.3, -0.25) is 9.59 Å². The second-order valence-corrected chi connectivity index (χ2v) is 7.63. The van der Waals surface area contributed by atoms with Crippen LogP contribution < -0.4 is 5.73 Å². The van der Waals surface area contributed by atoms with Gasteiger partial charge in [0.15, 0.2) is 0 Å². The molecule has 1 fully saturated rings.